The number of rotatable bonds is 8. The van der Waals surface area contributed by atoms with Gasteiger partial charge in [0, 0.05) is 30.6 Å². The van der Waals surface area contributed by atoms with E-state index in [1.807, 2.05) is 66.9 Å². The van der Waals surface area contributed by atoms with Crippen molar-refractivity contribution in [2.45, 2.75) is 18.9 Å². The van der Waals surface area contributed by atoms with Crippen LogP contribution in [0.4, 0.5) is 5.69 Å². The Morgan fingerprint density at radius 2 is 1.97 bits per heavy atom. The van der Waals surface area contributed by atoms with Gasteiger partial charge in [-0.25, -0.2) is 0 Å². The van der Waals surface area contributed by atoms with E-state index in [9.17, 15) is 5.11 Å². The number of anilines is 1. The number of hydrogen-bond acceptors (Lipinski definition) is 5. The first kappa shape index (κ1) is 21.8. The van der Waals surface area contributed by atoms with E-state index in [2.05, 4.69) is 21.5 Å². The topological polar surface area (TPSA) is 62.6 Å². The molecule has 1 aromatic heterocycles. The lowest BCUT2D eigenvalue weighted by Crippen LogP contribution is -2.24. The zero-order valence-electron chi connectivity index (χ0n) is 18.3. The van der Waals surface area contributed by atoms with Crippen LogP contribution in [-0.4, -0.2) is 52.2 Å². The fraction of sp³-hybridized carbons (Fsp3) is 0.269. The first-order valence-electron chi connectivity index (χ1n) is 11.3. The molecule has 0 amide bonds. The Morgan fingerprint density at radius 3 is 2.85 bits per heavy atom. The lowest BCUT2D eigenvalue weighted by molar-refractivity contribution is 0.173. The third-order valence-corrected chi connectivity index (χ3v) is 6.36. The van der Waals surface area contributed by atoms with Gasteiger partial charge in [0.15, 0.2) is 0 Å². The molecule has 1 atom stereocenters. The predicted molar refractivity (Wildman–Crippen MR) is 133 cm³/mol. The number of halogens is 1. The Bertz CT molecular complexity index is 1240. The first-order valence-corrected chi connectivity index (χ1v) is 11.7. The third kappa shape index (κ3) is 4.98. The van der Waals surface area contributed by atoms with Crippen LogP contribution in [-0.2, 0) is 0 Å². The molecule has 0 saturated carbocycles. The molecule has 4 aromatic rings. The number of nitrogens with one attached hydrogen (secondary N) is 1. The molecule has 0 spiro atoms. The number of hydrogen-bond donors (Lipinski definition) is 2. The summed E-state index contributed by atoms with van der Waals surface area (Å²) in [6.45, 7) is 3.22. The number of aliphatic hydroxyl groups excluding tert-OH is 1. The summed E-state index contributed by atoms with van der Waals surface area (Å²) in [6, 6.07) is 22.0. The van der Waals surface area contributed by atoms with Crippen molar-refractivity contribution >= 4 is 28.2 Å². The minimum absolute atomic E-state index is 0.186. The number of β-amino-alcohol motifs (C(OH)–C–C–N with tert-alkyl or cyclic N) is 1. The highest BCUT2D eigenvalue weighted by Crippen LogP contribution is 2.36. The fourth-order valence-corrected chi connectivity index (χ4v) is 4.56. The Labute approximate surface area is 198 Å². The second kappa shape index (κ2) is 9.83. The zero-order valence-corrected chi connectivity index (χ0v) is 19.1. The van der Waals surface area contributed by atoms with Crippen molar-refractivity contribution in [3.8, 4) is 16.9 Å². The molecule has 5 rings (SSSR count). The second-order valence-electron chi connectivity index (χ2n) is 8.37. The van der Waals surface area contributed by atoms with Gasteiger partial charge in [0.25, 0.3) is 0 Å². The molecule has 7 heteroatoms. The van der Waals surface area contributed by atoms with Gasteiger partial charge in [-0.15, -0.1) is 0 Å². The smallest absolute Gasteiger partial charge is 0.138 e. The summed E-state index contributed by atoms with van der Waals surface area (Å²) in [5.74, 6) is 0.687. The summed E-state index contributed by atoms with van der Waals surface area (Å²) < 4.78 is 6.00. The molecule has 2 N–H and O–H groups in total. The molecule has 1 saturated heterocycles. The van der Waals surface area contributed by atoms with Crippen LogP contribution in [0.3, 0.4) is 0 Å². The SMILES string of the molecule is OC1CCN(CCCOc2cccc(-c3cccc(Nn4ncc5ccccc54)c3)c2Cl)C1. The highest BCUT2D eigenvalue weighted by molar-refractivity contribution is 6.34. The Kier molecular flexibility index (Phi) is 6.48. The van der Waals surface area contributed by atoms with E-state index >= 15 is 0 Å². The van der Waals surface area contributed by atoms with Crippen LogP contribution in [0.2, 0.25) is 5.02 Å². The number of para-hydroxylation sites is 1. The molecule has 1 unspecified atom stereocenters. The standard InChI is InChI=1S/C26H27ClN4O2/c27-26-23(9-4-11-25(26)33-15-5-13-30-14-12-22(32)18-30)19-7-3-8-21(16-19)29-31-24-10-2-1-6-20(24)17-28-31/h1-4,6-11,16-17,22,29,32H,5,12-15,18H2. The molecule has 1 fully saturated rings. The lowest BCUT2D eigenvalue weighted by atomic mass is 10.0. The number of ether oxygens (including phenoxy) is 1. The number of fused-ring (bicyclic) bond motifs is 1. The monoisotopic (exact) mass is 462 g/mol. The van der Waals surface area contributed by atoms with Crippen LogP contribution < -0.4 is 10.2 Å². The van der Waals surface area contributed by atoms with Gasteiger partial charge in [-0.1, -0.05) is 54.1 Å². The van der Waals surface area contributed by atoms with E-state index in [4.69, 9.17) is 16.3 Å². The average Bonchev–Trinajstić information content (AvgIpc) is 3.44. The number of aliphatic hydroxyl groups is 1. The lowest BCUT2D eigenvalue weighted by Gasteiger charge is -2.16. The minimum atomic E-state index is -0.186. The van der Waals surface area contributed by atoms with Crippen molar-refractivity contribution in [1.29, 1.82) is 0 Å². The molecule has 2 heterocycles. The van der Waals surface area contributed by atoms with E-state index in [-0.39, 0.29) is 6.10 Å². The van der Waals surface area contributed by atoms with E-state index in [0.29, 0.717) is 17.4 Å². The van der Waals surface area contributed by atoms with Crippen molar-refractivity contribution in [2.75, 3.05) is 31.7 Å². The van der Waals surface area contributed by atoms with Gasteiger partial charge in [0.2, 0.25) is 0 Å². The Hall–Kier alpha value is -3.06. The average molecular weight is 463 g/mol. The van der Waals surface area contributed by atoms with E-state index in [1.54, 1.807) is 4.79 Å². The van der Waals surface area contributed by atoms with Crippen molar-refractivity contribution in [1.82, 2.24) is 14.8 Å². The Morgan fingerprint density at radius 1 is 1.09 bits per heavy atom. The molecular formula is C26H27ClN4O2. The van der Waals surface area contributed by atoms with Crippen LogP contribution in [0.15, 0.2) is 72.9 Å². The molecule has 0 bridgehead atoms. The summed E-state index contributed by atoms with van der Waals surface area (Å²) >= 11 is 6.74. The van der Waals surface area contributed by atoms with Crippen LogP contribution >= 0.6 is 11.6 Å². The maximum Gasteiger partial charge on any atom is 0.138 e. The summed E-state index contributed by atoms with van der Waals surface area (Å²) in [7, 11) is 0. The molecule has 33 heavy (non-hydrogen) atoms. The normalized spacial score (nSPS) is 16.4. The first-order chi connectivity index (χ1) is 16.2. The predicted octanol–water partition coefficient (Wildman–Crippen LogP) is 5.07. The van der Waals surface area contributed by atoms with Crippen molar-refractivity contribution in [3.63, 3.8) is 0 Å². The maximum atomic E-state index is 9.65. The molecule has 1 aliphatic rings. The molecule has 3 aromatic carbocycles. The summed E-state index contributed by atoms with van der Waals surface area (Å²) in [5.41, 5.74) is 7.20. The number of nitrogens with zero attached hydrogens (tertiary/aromatic N) is 3. The highest BCUT2D eigenvalue weighted by atomic mass is 35.5. The van der Waals surface area contributed by atoms with E-state index < -0.39 is 0 Å². The van der Waals surface area contributed by atoms with Crippen molar-refractivity contribution in [3.05, 3.63) is 77.9 Å². The number of likely N-dealkylation sites (tertiary alicyclic amines) is 1. The molecule has 0 aliphatic carbocycles. The van der Waals surface area contributed by atoms with Gasteiger partial charge in [-0.2, -0.15) is 9.89 Å². The fourth-order valence-electron chi connectivity index (χ4n) is 4.27. The molecule has 1 aliphatic heterocycles. The zero-order chi connectivity index (χ0) is 22.6. The van der Waals surface area contributed by atoms with Crippen LogP contribution in [0, 0.1) is 0 Å². The summed E-state index contributed by atoms with van der Waals surface area (Å²) in [5, 5.41) is 15.8. The quantitative estimate of drug-likeness (QED) is 0.358. The van der Waals surface area contributed by atoms with Crippen LogP contribution in [0.25, 0.3) is 22.0 Å². The maximum absolute atomic E-state index is 9.65. The van der Waals surface area contributed by atoms with Gasteiger partial charge < -0.3 is 14.7 Å². The minimum Gasteiger partial charge on any atom is -0.492 e. The third-order valence-electron chi connectivity index (χ3n) is 5.97. The molecule has 6 nitrogen and oxygen atoms in total. The summed E-state index contributed by atoms with van der Waals surface area (Å²) in [6.07, 6.45) is 3.41. The van der Waals surface area contributed by atoms with Gasteiger partial charge >= 0.3 is 0 Å². The van der Waals surface area contributed by atoms with Gasteiger partial charge in [0.1, 0.15) is 5.75 Å². The van der Waals surface area contributed by atoms with Crippen LogP contribution in [0.5, 0.6) is 5.75 Å². The van der Waals surface area contributed by atoms with Crippen LogP contribution in [0.1, 0.15) is 12.8 Å². The van der Waals surface area contributed by atoms with Crippen molar-refractivity contribution < 1.29 is 9.84 Å². The number of aromatic nitrogens is 2. The Balaban J connectivity index is 1.27. The number of benzene rings is 3. The van der Waals surface area contributed by atoms with Gasteiger partial charge in [-0.3, -0.25) is 5.43 Å². The highest BCUT2D eigenvalue weighted by Gasteiger charge is 2.19. The molecular weight excluding hydrogens is 436 g/mol. The van der Waals surface area contributed by atoms with Crippen molar-refractivity contribution in [2.24, 2.45) is 0 Å². The largest absolute Gasteiger partial charge is 0.492 e. The van der Waals surface area contributed by atoms with E-state index in [0.717, 1.165) is 60.2 Å². The van der Waals surface area contributed by atoms with Gasteiger partial charge in [-0.05, 0) is 42.7 Å². The molecule has 0 radical (unpaired) electrons. The second-order valence-corrected chi connectivity index (χ2v) is 8.75. The molecule has 170 valence electrons. The van der Waals surface area contributed by atoms with Gasteiger partial charge in [0.05, 0.1) is 35.1 Å². The van der Waals surface area contributed by atoms with E-state index in [1.165, 1.54) is 0 Å². The summed E-state index contributed by atoms with van der Waals surface area (Å²) in [4.78, 5) is 4.04.